The van der Waals surface area contributed by atoms with Crippen molar-refractivity contribution in [3.8, 4) is 0 Å². The Morgan fingerprint density at radius 2 is 2.00 bits per heavy atom. The monoisotopic (exact) mass is 211 g/mol. The Balaban J connectivity index is 2.52. The van der Waals surface area contributed by atoms with Gasteiger partial charge in [0.05, 0.1) is 18.1 Å². The van der Waals surface area contributed by atoms with Gasteiger partial charge in [-0.2, -0.15) is 0 Å². The predicted octanol–water partition coefficient (Wildman–Crippen LogP) is 2.55. The number of anilines is 1. The van der Waals surface area contributed by atoms with E-state index in [4.69, 9.17) is 0 Å². The predicted molar refractivity (Wildman–Crippen MR) is 62.6 cm³/mol. The van der Waals surface area contributed by atoms with Crippen molar-refractivity contribution in [2.45, 2.75) is 31.3 Å². The van der Waals surface area contributed by atoms with Crippen molar-refractivity contribution >= 4 is 17.6 Å². The molecular formula is C10H17N3S. The van der Waals surface area contributed by atoms with Gasteiger partial charge in [-0.3, -0.25) is 4.98 Å². The lowest BCUT2D eigenvalue weighted by Crippen LogP contribution is -2.08. The fourth-order valence-electron chi connectivity index (χ4n) is 0.849. The Hall–Kier alpha value is -0.770. The molecule has 0 aliphatic rings. The van der Waals surface area contributed by atoms with Gasteiger partial charge in [-0.05, 0) is 0 Å². The highest BCUT2D eigenvalue weighted by molar-refractivity contribution is 7.99. The van der Waals surface area contributed by atoms with Crippen molar-refractivity contribution in [2.75, 3.05) is 12.4 Å². The Morgan fingerprint density at radius 3 is 2.43 bits per heavy atom. The number of hydrogen-bond acceptors (Lipinski definition) is 4. The van der Waals surface area contributed by atoms with Gasteiger partial charge in [-0.25, -0.2) is 4.98 Å². The van der Waals surface area contributed by atoms with E-state index in [1.165, 1.54) is 0 Å². The SMILES string of the molecule is CNc1cnc(CSC(C)(C)C)cn1. The average molecular weight is 211 g/mol. The number of nitrogens with zero attached hydrogens (tertiary/aromatic N) is 2. The molecule has 0 bridgehead atoms. The zero-order valence-electron chi connectivity index (χ0n) is 9.16. The van der Waals surface area contributed by atoms with Crippen LogP contribution in [0.25, 0.3) is 0 Å². The van der Waals surface area contributed by atoms with E-state index in [-0.39, 0.29) is 4.75 Å². The molecule has 3 nitrogen and oxygen atoms in total. The normalized spacial score (nSPS) is 11.4. The molecule has 0 saturated heterocycles. The fraction of sp³-hybridized carbons (Fsp3) is 0.600. The van der Waals surface area contributed by atoms with Crippen molar-refractivity contribution in [3.63, 3.8) is 0 Å². The Bertz CT molecular complexity index is 276. The van der Waals surface area contributed by atoms with Crippen LogP contribution in [-0.2, 0) is 5.75 Å². The van der Waals surface area contributed by atoms with E-state index in [1.54, 1.807) is 6.20 Å². The molecule has 0 unspecified atom stereocenters. The lowest BCUT2D eigenvalue weighted by Gasteiger charge is -2.16. The van der Waals surface area contributed by atoms with Gasteiger partial charge in [0.25, 0.3) is 0 Å². The van der Waals surface area contributed by atoms with E-state index in [0.29, 0.717) is 0 Å². The molecule has 0 aliphatic carbocycles. The average Bonchev–Trinajstić information content (AvgIpc) is 2.14. The van der Waals surface area contributed by atoms with Crippen LogP contribution in [0.5, 0.6) is 0 Å². The number of hydrogen-bond donors (Lipinski definition) is 1. The maximum atomic E-state index is 4.31. The van der Waals surface area contributed by atoms with Gasteiger partial charge >= 0.3 is 0 Å². The second kappa shape index (κ2) is 4.64. The first-order valence-electron chi connectivity index (χ1n) is 4.64. The molecule has 0 amide bonds. The van der Waals surface area contributed by atoms with Gasteiger partial charge in [0.2, 0.25) is 0 Å². The summed E-state index contributed by atoms with van der Waals surface area (Å²) in [5.41, 5.74) is 1.03. The molecule has 1 N–H and O–H groups in total. The molecule has 0 atom stereocenters. The number of rotatable bonds is 3. The molecule has 78 valence electrons. The molecule has 1 aromatic heterocycles. The minimum absolute atomic E-state index is 0.281. The van der Waals surface area contributed by atoms with Crippen molar-refractivity contribution < 1.29 is 0 Å². The summed E-state index contributed by atoms with van der Waals surface area (Å²) < 4.78 is 0.281. The summed E-state index contributed by atoms with van der Waals surface area (Å²) in [7, 11) is 1.84. The lowest BCUT2D eigenvalue weighted by molar-refractivity contribution is 0.801. The molecule has 1 rings (SSSR count). The summed E-state index contributed by atoms with van der Waals surface area (Å²) in [6.45, 7) is 6.60. The quantitative estimate of drug-likeness (QED) is 0.834. The number of thioether (sulfide) groups is 1. The van der Waals surface area contributed by atoms with Crippen LogP contribution in [0, 0.1) is 0 Å². The van der Waals surface area contributed by atoms with Crippen molar-refractivity contribution in [1.29, 1.82) is 0 Å². The smallest absolute Gasteiger partial charge is 0.144 e. The Kier molecular flexibility index (Phi) is 3.75. The van der Waals surface area contributed by atoms with E-state index in [9.17, 15) is 0 Å². The van der Waals surface area contributed by atoms with E-state index in [2.05, 4.69) is 36.1 Å². The van der Waals surface area contributed by atoms with Gasteiger partial charge in [-0.1, -0.05) is 20.8 Å². The first-order chi connectivity index (χ1) is 6.51. The standard InChI is InChI=1S/C10H17N3S/c1-10(2,3)14-7-8-5-13-9(11-4)6-12-8/h5-6H,7H2,1-4H3,(H,11,13). The van der Waals surface area contributed by atoms with Gasteiger partial charge < -0.3 is 5.32 Å². The zero-order chi connectivity index (χ0) is 10.6. The number of nitrogens with one attached hydrogen (secondary N) is 1. The summed E-state index contributed by atoms with van der Waals surface area (Å²) in [4.78, 5) is 8.52. The molecule has 0 aromatic carbocycles. The molecule has 0 radical (unpaired) electrons. The van der Waals surface area contributed by atoms with Crippen LogP contribution >= 0.6 is 11.8 Å². The Morgan fingerprint density at radius 1 is 1.29 bits per heavy atom. The van der Waals surface area contributed by atoms with Crippen molar-refractivity contribution in [2.24, 2.45) is 0 Å². The second-order valence-electron chi connectivity index (χ2n) is 4.04. The van der Waals surface area contributed by atoms with E-state index >= 15 is 0 Å². The zero-order valence-corrected chi connectivity index (χ0v) is 9.98. The summed E-state index contributed by atoms with van der Waals surface area (Å²) >= 11 is 1.88. The summed E-state index contributed by atoms with van der Waals surface area (Å²) in [6.07, 6.45) is 3.59. The third kappa shape index (κ3) is 3.96. The van der Waals surface area contributed by atoms with Gasteiger partial charge in [-0.15, -0.1) is 11.8 Å². The van der Waals surface area contributed by atoms with Crippen LogP contribution in [0.2, 0.25) is 0 Å². The Labute approximate surface area is 89.7 Å². The third-order valence-electron chi connectivity index (χ3n) is 1.61. The van der Waals surface area contributed by atoms with Crippen LogP contribution in [0.3, 0.4) is 0 Å². The minimum Gasteiger partial charge on any atom is -0.372 e. The molecule has 1 aromatic rings. The molecule has 0 aliphatic heterocycles. The van der Waals surface area contributed by atoms with Crippen molar-refractivity contribution in [3.05, 3.63) is 18.1 Å². The first kappa shape index (κ1) is 11.3. The molecule has 14 heavy (non-hydrogen) atoms. The maximum Gasteiger partial charge on any atom is 0.144 e. The summed E-state index contributed by atoms with van der Waals surface area (Å²) in [5, 5.41) is 2.95. The maximum absolute atomic E-state index is 4.31. The van der Waals surface area contributed by atoms with E-state index in [1.807, 2.05) is 25.0 Å². The molecule has 0 fully saturated rings. The van der Waals surface area contributed by atoms with Crippen molar-refractivity contribution in [1.82, 2.24) is 9.97 Å². The highest BCUT2D eigenvalue weighted by Gasteiger charge is 2.10. The molecule has 0 saturated carbocycles. The van der Waals surface area contributed by atoms with Crippen LogP contribution < -0.4 is 5.32 Å². The van der Waals surface area contributed by atoms with E-state index in [0.717, 1.165) is 17.3 Å². The van der Waals surface area contributed by atoms with Crippen LogP contribution in [0.4, 0.5) is 5.82 Å². The summed E-state index contributed by atoms with van der Waals surface area (Å²) in [6, 6.07) is 0. The molecule has 0 spiro atoms. The molecule has 4 heteroatoms. The largest absolute Gasteiger partial charge is 0.372 e. The highest BCUT2D eigenvalue weighted by atomic mass is 32.2. The van der Waals surface area contributed by atoms with Crippen LogP contribution in [0.1, 0.15) is 26.5 Å². The minimum atomic E-state index is 0.281. The topological polar surface area (TPSA) is 37.8 Å². The van der Waals surface area contributed by atoms with Gasteiger partial charge in [0, 0.05) is 17.5 Å². The number of aromatic nitrogens is 2. The summed E-state index contributed by atoms with van der Waals surface area (Å²) in [5.74, 6) is 1.73. The van der Waals surface area contributed by atoms with Gasteiger partial charge in [0.1, 0.15) is 5.82 Å². The first-order valence-corrected chi connectivity index (χ1v) is 5.62. The van der Waals surface area contributed by atoms with Gasteiger partial charge in [0.15, 0.2) is 0 Å². The second-order valence-corrected chi connectivity index (χ2v) is 5.85. The molecule has 1 heterocycles. The third-order valence-corrected chi connectivity index (χ3v) is 2.92. The van der Waals surface area contributed by atoms with Crippen LogP contribution in [0.15, 0.2) is 12.4 Å². The van der Waals surface area contributed by atoms with E-state index < -0.39 is 0 Å². The fourth-order valence-corrected chi connectivity index (χ4v) is 1.58. The van der Waals surface area contributed by atoms with Crippen LogP contribution in [-0.4, -0.2) is 21.8 Å². The lowest BCUT2D eigenvalue weighted by atomic mass is 10.3. The molecular weight excluding hydrogens is 194 g/mol. The highest BCUT2D eigenvalue weighted by Crippen LogP contribution is 2.26.